The van der Waals surface area contributed by atoms with Gasteiger partial charge in [0, 0.05) is 16.2 Å². The second-order valence-electron chi connectivity index (χ2n) is 5.23. The zero-order valence-corrected chi connectivity index (χ0v) is 14.3. The molecule has 1 atom stereocenters. The Bertz CT molecular complexity index is 501. The third kappa shape index (κ3) is 4.43. The third-order valence-corrected chi connectivity index (χ3v) is 4.54. The molecule has 1 amide bonds. The minimum absolute atomic E-state index is 0.0830. The van der Waals surface area contributed by atoms with Gasteiger partial charge in [-0.3, -0.25) is 4.79 Å². The third-order valence-electron chi connectivity index (χ3n) is 3.83. The Morgan fingerprint density at radius 2 is 2.00 bits per heavy atom. The number of rotatable bonds is 4. The number of esters is 1. The van der Waals surface area contributed by atoms with Crippen LogP contribution in [0.4, 0.5) is 0 Å². The van der Waals surface area contributed by atoms with Crippen molar-refractivity contribution in [2.24, 2.45) is 0 Å². The van der Waals surface area contributed by atoms with Gasteiger partial charge < -0.3 is 9.64 Å². The van der Waals surface area contributed by atoms with Crippen molar-refractivity contribution in [2.75, 3.05) is 13.2 Å². The lowest BCUT2D eigenvalue weighted by molar-refractivity contribution is -0.138. The van der Waals surface area contributed by atoms with Gasteiger partial charge in [0.1, 0.15) is 0 Å². The number of ether oxygens (including phenoxy) is 1. The van der Waals surface area contributed by atoms with Crippen LogP contribution in [0.2, 0.25) is 0 Å². The van der Waals surface area contributed by atoms with E-state index in [1.54, 1.807) is 12.1 Å². The van der Waals surface area contributed by atoms with Gasteiger partial charge in [-0.1, -0.05) is 6.92 Å². The molecule has 1 aromatic carbocycles. The predicted molar refractivity (Wildman–Crippen MR) is 89.1 cm³/mol. The van der Waals surface area contributed by atoms with Crippen LogP contribution < -0.4 is 0 Å². The lowest BCUT2D eigenvalue weighted by Gasteiger charge is -2.35. The van der Waals surface area contributed by atoms with E-state index >= 15 is 0 Å². The van der Waals surface area contributed by atoms with Crippen LogP contribution in [0.1, 0.15) is 43.0 Å². The number of hydrogen-bond acceptors (Lipinski definition) is 3. The number of amides is 1. The molecule has 0 bridgehead atoms. The Morgan fingerprint density at radius 1 is 1.29 bits per heavy atom. The van der Waals surface area contributed by atoms with Crippen LogP contribution in [0.5, 0.6) is 0 Å². The van der Waals surface area contributed by atoms with E-state index in [9.17, 15) is 9.59 Å². The summed E-state index contributed by atoms with van der Waals surface area (Å²) in [5.41, 5.74) is 0.480. The molecule has 5 heteroatoms. The lowest BCUT2D eigenvalue weighted by Crippen LogP contribution is -2.45. The van der Waals surface area contributed by atoms with Crippen molar-refractivity contribution in [1.82, 2.24) is 4.90 Å². The summed E-state index contributed by atoms with van der Waals surface area (Å²) in [5, 5.41) is 0. The van der Waals surface area contributed by atoms with Crippen LogP contribution >= 0.6 is 22.6 Å². The molecule has 0 saturated carbocycles. The van der Waals surface area contributed by atoms with E-state index in [1.807, 2.05) is 17.0 Å². The summed E-state index contributed by atoms with van der Waals surface area (Å²) >= 11 is 2.17. The molecule has 0 spiro atoms. The van der Waals surface area contributed by atoms with Crippen molar-refractivity contribution in [3.05, 3.63) is 33.4 Å². The number of piperidine rings is 1. The Kier molecular flexibility index (Phi) is 6.02. The number of halogens is 1. The smallest absolute Gasteiger partial charge is 0.338 e. The summed E-state index contributed by atoms with van der Waals surface area (Å²) in [6.45, 7) is 2.70. The monoisotopic (exact) mass is 401 g/mol. The summed E-state index contributed by atoms with van der Waals surface area (Å²) in [5.74, 6) is -0.523. The van der Waals surface area contributed by atoms with E-state index in [4.69, 9.17) is 4.74 Å². The normalized spacial score (nSPS) is 18.4. The molecule has 21 heavy (non-hydrogen) atoms. The highest BCUT2D eigenvalue weighted by Gasteiger charge is 2.25. The van der Waals surface area contributed by atoms with Crippen molar-refractivity contribution in [3.8, 4) is 0 Å². The maximum atomic E-state index is 12.2. The molecule has 0 unspecified atom stereocenters. The molecule has 0 aliphatic carbocycles. The number of carbonyl (C=O) groups is 2. The Hall–Kier alpha value is -1.11. The van der Waals surface area contributed by atoms with Crippen molar-refractivity contribution in [1.29, 1.82) is 0 Å². The van der Waals surface area contributed by atoms with Gasteiger partial charge in [-0.05, 0) is 72.5 Å². The quantitative estimate of drug-likeness (QED) is 0.575. The summed E-state index contributed by atoms with van der Waals surface area (Å²) in [7, 11) is 0. The van der Waals surface area contributed by atoms with E-state index in [0.29, 0.717) is 11.6 Å². The standard InChI is InChI=1S/C16H20INO3/c1-2-14-5-3-4-10-18(14)15(19)11-21-16(20)12-6-8-13(17)9-7-12/h6-9,14H,2-5,10-11H2,1H3/t14-/m0/s1. The molecule has 2 rings (SSSR count). The molecule has 114 valence electrons. The molecule has 0 radical (unpaired) electrons. The summed E-state index contributed by atoms with van der Waals surface area (Å²) in [6, 6.07) is 7.41. The molecule has 1 aromatic rings. The van der Waals surface area contributed by atoms with Crippen molar-refractivity contribution in [2.45, 2.75) is 38.6 Å². The van der Waals surface area contributed by atoms with Crippen LogP contribution in [-0.2, 0) is 9.53 Å². The van der Waals surface area contributed by atoms with Crippen molar-refractivity contribution < 1.29 is 14.3 Å². The zero-order chi connectivity index (χ0) is 15.2. The minimum Gasteiger partial charge on any atom is -0.452 e. The van der Waals surface area contributed by atoms with Crippen LogP contribution in [0.3, 0.4) is 0 Å². The van der Waals surface area contributed by atoms with E-state index in [1.165, 1.54) is 6.42 Å². The molecule has 1 fully saturated rings. The SMILES string of the molecule is CC[C@H]1CCCCN1C(=O)COC(=O)c1ccc(I)cc1. The molecule has 4 nitrogen and oxygen atoms in total. The Balaban J connectivity index is 1.88. The Labute approximate surface area is 139 Å². The van der Waals surface area contributed by atoms with Gasteiger partial charge in [0.15, 0.2) is 6.61 Å². The average molecular weight is 401 g/mol. The fourth-order valence-electron chi connectivity index (χ4n) is 2.63. The number of likely N-dealkylation sites (tertiary alicyclic amines) is 1. The largest absolute Gasteiger partial charge is 0.452 e. The number of carbonyl (C=O) groups excluding carboxylic acids is 2. The van der Waals surface area contributed by atoms with Gasteiger partial charge in [0.25, 0.3) is 5.91 Å². The van der Waals surface area contributed by atoms with E-state index < -0.39 is 5.97 Å². The molecule has 1 aliphatic rings. The van der Waals surface area contributed by atoms with Gasteiger partial charge >= 0.3 is 5.97 Å². The minimum atomic E-state index is -0.440. The van der Waals surface area contributed by atoms with Crippen LogP contribution in [0, 0.1) is 3.57 Å². The second-order valence-corrected chi connectivity index (χ2v) is 6.47. The summed E-state index contributed by atoms with van der Waals surface area (Å²) in [4.78, 5) is 26.0. The van der Waals surface area contributed by atoms with E-state index in [-0.39, 0.29) is 12.5 Å². The number of hydrogen-bond donors (Lipinski definition) is 0. The highest BCUT2D eigenvalue weighted by Crippen LogP contribution is 2.19. The van der Waals surface area contributed by atoms with Gasteiger partial charge in [-0.15, -0.1) is 0 Å². The first-order valence-corrected chi connectivity index (χ1v) is 8.42. The molecule has 0 aromatic heterocycles. The first-order chi connectivity index (χ1) is 10.1. The fraction of sp³-hybridized carbons (Fsp3) is 0.500. The molecule has 0 N–H and O–H groups in total. The van der Waals surface area contributed by atoms with Crippen LogP contribution in [-0.4, -0.2) is 36.0 Å². The molecular weight excluding hydrogens is 381 g/mol. The van der Waals surface area contributed by atoms with Crippen molar-refractivity contribution >= 4 is 34.5 Å². The van der Waals surface area contributed by atoms with Gasteiger partial charge in [-0.2, -0.15) is 0 Å². The van der Waals surface area contributed by atoms with Crippen LogP contribution in [0.15, 0.2) is 24.3 Å². The molecule has 1 aliphatic heterocycles. The first-order valence-electron chi connectivity index (χ1n) is 7.34. The lowest BCUT2D eigenvalue weighted by atomic mass is 10.00. The first kappa shape index (κ1) is 16.3. The van der Waals surface area contributed by atoms with E-state index in [0.717, 1.165) is 29.4 Å². The number of benzene rings is 1. The highest BCUT2D eigenvalue weighted by atomic mass is 127. The molecule has 1 heterocycles. The zero-order valence-electron chi connectivity index (χ0n) is 12.2. The Morgan fingerprint density at radius 3 is 2.67 bits per heavy atom. The average Bonchev–Trinajstić information content (AvgIpc) is 2.52. The summed E-state index contributed by atoms with van der Waals surface area (Å²) in [6.07, 6.45) is 4.21. The maximum absolute atomic E-state index is 12.2. The highest BCUT2D eigenvalue weighted by molar-refractivity contribution is 14.1. The van der Waals surface area contributed by atoms with E-state index in [2.05, 4.69) is 29.5 Å². The second kappa shape index (κ2) is 7.77. The van der Waals surface area contributed by atoms with Gasteiger partial charge in [0.05, 0.1) is 5.56 Å². The number of nitrogens with zero attached hydrogens (tertiary/aromatic N) is 1. The van der Waals surface area contributed by atoms with Crippen LogP contribution in [0.25, 0.3) is 0 Å². The maximum Gasteiger partial charge on any atom is 0.338 e. The fourth-order valence-corrected chi connectivity index (χ4v) is 2.99. The molecular formula is C16H20INO3. The van der Waals surface area contributed by atoms with Gasteiger partial charge in [-0.25, -0.2) is 4.79 Å². The topological polar surface area (TPSA) is 46.6 Å². The summed E-state index contributed by atoms with van der Waals surface area (Å²) < 4.78 is 6.20. The molecule has 1 saturated heterocycles. The predicted octanol–water partition coefficient (Wildman–Crippen LogP) is 3.24. The van der Waals surface area contributed by atoms with Crippen molar-refractivity contribution in [3.63, 3.8) is 0 Å². The van der Waals surface area contributed by atoms with Gasteiger partial charge in [0.2, 0.25) is 0 Å².